The summed E-state index contributed by atoms with van der Waals surface area (Å²) in [5.74, 6) is 0.0191. The first-order valence-corrected chi connectivity index (χ1v) is 13.1. The van der Waals surface area contributed by atoms with E-state index in [4.69, 9.17) is 5.73 Å². The maximum Gasteiger partial charge on any atom is 0.261 e. The smallest absolute Gasteiger partial charge is 0.261 e. The highest BCUT2D eigenvalue weighted by Gasteiger charge is 2.25. The van der Waals surface area contributed by atoms with Crippen LogP contribution in [0.15, 0.2) is 57.3 Å². The second kappa shape index (κ2) is 10.0. The maximum absolute atomic E-state index is 12.9. The van der Waals surface area contributed by atoms with Gasteiger partial charge in [-0.05, 0) is 37.1 Å². The van der Waals surface area contributed by atoms with E-state index in [0.29, 0.717) is 34.8 Å². The molecule has 0 saturated carbocycles. The summed E-state index contributed by atoms with van der Waals surface area (Å²) in [6.45, 7) is 0.792. The minimum atomic E-state index is -3.57. The molecule has 0 bridgehead atoms. The number of aromatic nitrogens is 3. The Kier molecular flexibility index (Phi) is 7.11. The highest BCUT2D eigenvalue weighted by molar-refractivity contribution is 7.98. The molecule has 2 aromatic heterocycles. The third-order valence-corrected chi connectivity index (χ3v) is 8.34. The SMILES string of the molecule is NC(=O)Cn1c(CSc2ccc(S(=O)(=O)N3CCCCCC3)cn2)nc2ccccc2c1=O. The van der Waals surface area contributed by atoms with Gasteiger partial charge in [0.2, 0.25) is 15.9 Å². The average molecular weight is 488 g/mol. The van der Waals surface area contributed by atoms with E-state index in [9.17, 15) is 18.0 Å². The third-order valence-electron chi connectivity index (χ3n) is 5.52. The largest absolute Gasteiger partial charge is 0.368 e. The number of nitrogens with two attached hydrogens (primary N) is 1. The molecule has 0 aliphatic carbocycles. The monoisotopic (exact) mass is 487 g/mol. The number of rotatable bonds is 7. The number of fused-ring (bicyclic) bond motifs is 1. The molecule has 2 N–H and O–H groups in total. The predicted molar refractivity (Wildman–Crippen MR) is 126 cm³/mol. The number of thioether (sulfide) groups is 1. The van der Waals surface area contributed by atoms with E-state index in [0.717, 1.165) is 25.7 Å². The molecular weight excluding hydrogens is 462 g/mol. The standard InChI is InChI=1S/C22H25N5O4S2/c23-19(28)14-27-20(25-18-8-4-3-7-17(18)22(27)29)15-32-21-10-9-16(13-24-21)33(30,31)26-11-5-1-2-6-12-26/h3-4,7-10,13H,1-2,5-6,11-12,14-15H2,(H2,23,28). The van der Waals surface area contributed by atoms with Crippen LogP contribution in [-0.2, 0) is 27.1 Å². The van der Waals surface area contributed by atoms with Gasteiger partial charge >= 0.3 is 0 Å². The summed E-state index contributed by atoms with van der Waals surface area (Å²) in [5.41, 5.74) is 5.54. The minimum absolute atomic E-state index is 0.170. The number of amides is 1. The average Bonchev–Trinajstić information content (AvgIpc) is 3.10. The molecule has 33 heavy (non-hydrogen) atoms. The molecule has 1 amide bonds. The van der Waals surface area contributed by atoms with Crippen molar-refractivity contribution in [3.63, 3.8) is 0 Å². The van der Waals surface area contributed by atoms with Gasteiger partial charge in [-0.1, -0.05) is 36.7 Å². The normalized spacial score (nSPS) is 15.4. The van der Waals surface area contributed by atoms with E-state index in [-0.39, 0.29) is 22.8 Å². The quantitative estimate of drug-likeness (QED) is 0.506. The highest BCUT2D eigenvalue weighted by atomic mass is 32.2. The zero-order valence-electron chi connectivity index (χ0n) is 18.0. The molecule has 4 rings (SSSR count). The van der Waals surface area contributed by atoms with E-state index >= 15 is 0 Å². The lowest BCUT2D eigenvalue weighted by molar-refractivity contribution is -0.118. The molecule has 3 aromatic rings. The lowest BCUT2D eigenvalue weighted by Crippen LogP contribution is -2.32. The van der Waals surface area contributed by atoms with E-state index in [2.05, 4.69) is 9.97 Å². The summed E-state index contributed by atoms with van der Waals surface area (Å²) < 4.78 is 28.7. The van der Waals surface area contributed by atoms with Crippen molar-refractivity contribution >= 4 is 38.6 Å². The molecule has 1 aliphatic rings. The predicted octanol–water partition coefficient (Wildman–Crippen LogP) is 2.13. The van der Waals surface area contributed by atoms with Crippen molar-refractivity contribution in [3.05, 3.63) is 58.8 Å². The minimum Gasteiger partial charge on any atom is -0.368 e. The van der Waals surface area contributed by atoms with Gasteiger partial charge < -0.3 is 5.73 Å². The zero-order chi connectivity index (χ0) is 23.4. The van der Waals surface area contributed by atoms with E-state index < -0.39 is 15.9 Å². The van der Waals surface area contributed by atoms with Crippen molar-refractivity contribution in [3.8, 4) is 0 Å². The van der Waals surface area contributed by atoms with Crippen LogP contribution in [0.3, 0.4) is 0 Å². The summed E-state index contributed by atoms with van der Waals surface area (Å²) in [7, 11) is -3.57. The van der Waals surface area contributed by atoms with Crippen LogP contribution in [0.25, 0.3) is 10.9 Å². The fourth-order valence-corrected chi connectivity index (χ4v) is 6.07. The summed E-state index contributed by atoms with van der Waals surface area (Å²) in [6.07, 6.45) is 5.19. The number of sulfonamides is 1. The number of carbonyl (C=O) groups is 1. The molecule has 0 unspecified atom stereocenters. The van der Waals surface area contributed by atoms with Crippen LogP contribution >= 0.6 is 11.8 Å². The van der Waals surface area contributed by atoms with Gasteiger partial charge in [0.1, 0.15) is 17.3 Å². The van der Waals surface area contributed by atoms with Gasteiger partial charge in [-0.3, -0.25) is 14.2 Å². The van der Waals surface area contributed by atoms with Crippen LogP contribution in [-0.4, -0.2) is 46.3 Å². The maximum atomic E-state index is 12.9. The molecule has 174 valence electrons. The van der Waals surface area contributed by atoms with Crippen LogP contribution in [0, 0.1) is 0 Å². The first-order valence-electron chi connectivity index (χ1n) is 10.7. The molecule has 11 heteroatoms. The second-order valence-electron chi connectivity index (χ2n) is 7.84. The molecule has 1 aliphatic heterocycles. The Hall–Kier alpha value is -2.76. The van der Waals surface area contributed by atoms with Crippen molar-refractivity contribution < 1.29 is 13.2 Å². The van der Waals surface area contributed by atoms with Gasteiger partial charge in [-0.15, -0.1) is 0 Å². The molecule has 1 saturated heterocycles. The van der Waals surface area contributed by atoms with E-state index in [1.54, 1.807) is 36.4 Å². The molecule has 1 fully saturated rings. The number of hydrogen-bond acceptors (Lipinski definition) is 7. The second-order valence-corrected chi connectivity index (χ2v) is 10.8. The molecule has 3 heterocycles. The number of nitrogens with zero attached hydrogens (tertiary/aromatic N) is 4. The zero-order valence-corrected chi connectivity index (χ0v) is 19.6. The lowest BCUT2D eigenvalue weighted by Gasteiger charge is -2.19. The molecule has 1 aromatic carbocycles. The molecule has 0 atom stereocenters. The van der Waals surface area contributed by atoms with E-state index in [1.165, 1.54) is 26.8 Å². The Balaban J connectivity index is 1.55. The van der Waals surface area contributed by atoms with Crippen LogP contribution < -0.4 is 11.3 Å². The van der Waals surface area contributed by atoms with Crippen molar-refractivity contribution in [1.82, 2.24) is 18.8 Å². The Morgan fingerprint density at radius 3 is 2.45 bits per heavy atom. The van der Waals surface area contributed by atoms with E-state index in [1.807, 2.05) is 0 Å². The lowest BCUT2D eigenvalue weighted by atomic mass is 10.2. The number of para-hydroxylation sites is 1. The van der Waals surface area contributed by atoms with Gasteiger partial charge in [0.05, 0.1) is 21.7 Å². The number of primary amides is 1. The van der Waals surface area contributed by atoms with Gasteiger partial charge in [0.15, 0.2) is 0 Å². The highest BCUT2D eigenvalue weighted by Crippen LogP contribution is 2.24. The summed E-state index contributed by atoms with van der Waals surface area (Å²) >= 11 is 1.30. The molecular formula is C22H25N5O4S2. The van der Waals surface area contributed by atoms with Crippen LogP contribution in [0.4, 0.5) is 0 Å². The number of hydrogen-bond donors (Lipinski definition) is 1. The summed E-state index contributed by atoms with van der Waals surface area (Å²) in [5, 5.41) is 0.992. The van der Waals surface area contributed by atoms with Gasteiger partial charge in [-0.25, -0.2) is 18.4 Å². The Labute approximate surface area is 196 Å². The fourth-order valence-electron chi connectivity index (χ4n) is 3.82. The van der Waals surface area contributed by atoms with Crippen LogP contribution in [0.2, 0.25) is 0 Å². The van der Waals surface area contributed by atoms with Crippen LogP contribution in [0.1, 0.15) is 31.5 Å². The third kappa shape index (κ3) is 5.26. The van der Waals surface area contributed by atoms with Crippen LogP contribution in [0.5, 0.6) is 0 Å². The number of benzene rings is 1. The van der Waals surface area contributed by atoms with Gasteiger partial charge in [0, 0.05) is 19.3 Å². The topological polar surface area (TPSA) is 128 Å². The summed E-state index contributed by atoms with van der Waals surface area (Å²) in [6, 6.07) is 10.1. The molecule has 9 nitrogen and oxygen atoms in total. The van der Waals surface area contributed by atoms with Crippen molar-refractivity contribution in [1.29, 1.82) is 0 Å². The van der Waals surface area contributed by atoms with Crippen molar-refractivity contribution in [2.45, 2.75) is 47.9 Å². The Morgan fingerprint density at radius 2 is 1.79 bits per heavy atom. The van der Waals surface area contributed by atoms with Crippen molar-refractivity contribution in [2.24, 2.45) is 5.73 Å². The first kappa shape index (κ1) is 23.4. The van der Waals surface area contributed by atoms with Crippen molar-refractivity contribution in [2.75, 3.05) is 13.1 Å². The molecule has 0 radical (unpaired) electrons. The van der Waals surface area contributed by atoms with Gasteiger partial charge in [-0.2, -0.15) is 4.31 Å². The number of pyridine rings is 1. The fraction of sp³-hybridized carbons (Fsp3) is 0.364. The number of carbonyl (C=O) groups excluding carboxylic acids is 1. The summed E-state index contributed by atoms with van der Waals surface area (Å²) in [4.78, 5) is 33.4. The first-order chi connectivity index (χ1) is 15.9. The molecule has 0 spiro atoms. The van der Waals surface area contributed by atoms with Gasteiger partial charge in [0.25, 0.3) is 5.56 Å². The Morgan fingerprint density at radius 1 is 1.06 bits per heavy atom. The Bertz CT molecular complexity index is 1310.